The van der Waals surface area contributed by atoms with E-state index in [0.29, 0.717) is 27.2 Å². The molecule has 0 saturated carbocycles. The van der Waals surface area contributed by atoms with Gasteiger partial charge in [0.2, 0.25) is 10.0 Å². The first-order valence-corrected chi connectivity index (χ1v) is 12.1. The fraction of sp³-hybridized carbons (Fsp3) is 0.0476. The van der Waals surface area contributed by atoms with Gasteiger partial charge < -0.3 is 0 Å². The van der Waals surface area contributed by atoms with E-state index in [1.165, 1.54) is 22.9 Å². The third-order valence-electron chi connectivity index (χ3n) is 4.62. The zero-order chi connectivity index (χ0) is 24.1. The van der Waals surface area contributed by atoms with Crippen LogP contribution in [0, 0.1) is 11.6 Å². The minimum atomic E-state index is -3.91. The Morgan fingerprint density at radius 2 is 1.70 bits per heavy atom. The van der Waals surface area contributed by atoms with Gasteiger partial charge >= 0.3 is 0 Å². The minimum absolute atomic E-state index is 0.0712. The molecule has 170 valence electrons. The fourth-order valence-corrected chi connectivity index (χ4v) is 4.27. The molecule has 0 saturated heterocycles. The van der Waals surface area contributed by atoms with Crippen LogP contribution >= 0.6 is 34.8 Å². The van der Waals surface area contributed by atoms with Crippen LogP contribution in [-0.2, 0) is 10.0 Å². The molecule has 12 heteroatoms. The molecule has 0 aliphatic heterocycles. The van der Waals surface area contributed by atoms with Gasteiger partial charge in [-0.2, -0.15) is 5.10 Å². The van der Waals surface area contributed by atoms with Crippen molar-refractivity contribution in [2.45, 2.75) is 0 Å². The van der Waals surface area contributed by atoms with Gasteiger partial charge in [0.15, 0.2) is 0 Å². The van der Waals surface area contributed by atoms with Gasteiger partial charge in [-0.05, 0) is 42.5 Å². The predicted molar refractivity (Wildman–Crippen MR) is 124 cm³/mol. The number of nitrogens with one attached hydrogen (secondary N) is 1. The maximum atomic E-state index is 14.8. The van der Waals surface area contributed by atoms with E-state index >= 15 is 0 Å². The second kappa shape index (κ2) is 8.57. The number of halogens is 5. The summed E-state index contributed by atoms with van der Waals surface area (Å²) in [5.74, 6) is -2.78. The van der Waals surface area contributed by atoms with Gasteiger partial charge in [0.05, 0.1) is 33.1 Å². The molecule has 0 aliphatic rings. The molecule has 4 rings (SSSR count). The molecule has 1 amide bonds. The molecule has 0 radical (unpaired) electrons. The van der Waals surface area contributed by atoms with Crippen molar-refractivity contribution in [3.05, 3.63) is 80.8 Å². The molecule has 4 aromatic rings. The number of sulfonamides is 1. The third-order valence-corrected chi connectivity index (χ3v) is 6.01. The summed E-state index contributed by atoms with van der Waals surface area (Å²) in [5.41, 5.74) is 0.874. The molecular weight excluding hydrogens is 519 g/mol. The summed E-state index contributed by atoms with van der Waals surface area (Å²) >= 11 is 18.4. The van der Waals surface area contributed by atoms with Crippen molar-refractivity contribution < 1.29 is 22.0 Å². The zero-order valence-corrected chi connectivity index (χ0v) is 19.6. The SMILES string of the molecule is CS(=O)(=O)NC(=O)c1cc(Cl)c(-n2nc(-c3ccc(F)c(Cl)c3)c3cc(Cl)ccc32)cc1F. The second-order valence-corrected chi connectivity index (χ2v) is 10.0. The standard InChI is InChI=1S/C21H12Cl3F2N3O3S/c1-33(31,32)28-21(30)12-8-15(24)19(9-17(12)26)29-18-5-3-11(22)7-13(18)20(27-29)10-2-4-16(25)14(23)6-10/h2-9H,1H3,(H,28,30). The highest BCUT2D eigenvalue weighted by atomic mass is 35.5. The first-order chi connectivity index (χ1) is 15.4. The zero-order valence-electron chi connectivity index (χ0n) is 16.5. The van der Waals surface area contributed by atoms with Crippen LogP contribution in [0.5, 0.6) is 0 Å². The molecule has 0 unspecified atom stereocenters. The van der Waals surface area contributed by atoms with E-state index in [1.807, 2.05) is 0 Å². The molecule has 3 aromatic carbocycles. The van der Waals surface area contributed by atoms with Crippen molar-refractivity contribution in [2.75, 3.05) is 6.26 Å². The van der Waals surface area contributed by atoms with Gasteiger partial charge in [0, 0.05) is 22.0 Å². The largest absolute Gasteiger partial charge is 0.268 e. The molecule has 1 aromatic heterocycles. The summed E-state index contributed by atoms with van der Waals surface area (Å²) in [4.78, 5) is 12.1. The third kappa shape index (κ3) is 4.67. The summed E-state index contributed by atoms with van der Waals surface area (Å²) in [6, 6.07) is 10.9. The summed E-state index contributed by atoms with van der Waals surface area (Å²) in [6.45, 7) is 0. The van der Waals surface area contributed by atoms with Crippen LogP contribution in [0.25, 0.3) is 27.8 Å². The summed E-state index contributed by atoms with van der Waals surface area (Å²) < 4.78 is 54.1. The van der Waals surface area contributed by atoms with Crippen LogP contribution in [0.1, 0.15) is 10.4 Å². The lowest BCUT2D eigenvalue weighted by atomic mass is 10.1. The van der Waals surface area contributed by atoms with Crippen molar-refractivity contribution in [1.29, 1.82) is 0 Å². The lowest BCUT2D eigenvalue weighted by molar-refractivity contribution is 0.0978. The maximum absolute atomic E-state index is 14.8. The normalized spacial score (nSPS) is 11.7. The predicted octanol–water partition coefficient (Wildman–Crippen LogP) is 5.62. The Morgan fingerprint density at radius 1 is 0.970 bits per heavy atom. The van der Waals surface area contributed by atoms with Crippen LogP contribution < -0.4 is 4.72 Å². The lowest BCUT2D eigenvalue weighted by Crippen LogP contribution is -2.30. The number of carbonyl (C=O) groups is 1. The minimum Gasteiger partial charge on any atom is -0.268 e. The van der Waals surface area contributed by atoms with Gasteiger partial charge in [-0.15, -0.1) is 0 Å². The number of benzene rings is 3. The maximum Gasteiger partial charge on any atom is 0.267 e. The first kappa shape index (κ1) is 23.4. The van der Waals surface area contributed by atoms with Crippen molar-refractivity contribution in [2.24, 2.45) is 0 Å². The van der Waals surface area contributed by atoms with E-state index in [-0.39, 0.29) is 15.7 Å². The van der Waals surface area contributed by atoms with Gasteiger partial charge in [-0.3, -0.25) is 4.79 Å². The average molecular weight is 531 g/mol. The van der Waals surface area contributed by atoms with E-state index in [9.17, 15) is 22.0 Å². The number of fused-ring (bicyclic) bond motifs is 1. The Bertz CT molecular complexity index is 1560. The Balaban J connectivity index is 1.91. The van der Waals surface area contributed by atoms with Crippen molar-refractivity contribution in [1.82, 2.24) is 14.5 Å². The lowest BCUT2D eigenvalue weighted by Gasteiger charge is -2.10. The van der Waals surface area contributed by atoms with E-state index in [2.05, 4.69) is 5.10 Å². The van der Waals surface area contributed by atoms with Crippen LogP contribution in [0.3, 0.4) is 0 Å². The molecule has 0 atom stereocenters. The number of aromatic nitrogens is 2. The molecular formula is C21H12Cl3F2N3O3S. The molecule has 0 fully saturated rings. The first-order valence-electron chi connectivity index (χ1n) is 9.10. The summed E-state index contributed by atoms with van der Waals surface area (Å²) in [6.07, 6.45) is 0.767. The van der Waals surface area contributed by atoms with E-state index < -0.39 is 33.1 Å². The second-order valence-electron chi connectivity index (χ2n) is 7.04. The topological polar surface area (TPSA) is 81.1 Å². The van der Waals surface area contributed by atoms with Gasteiger partial charge in [-0.1, -0.05) is 34.8 Å². The Morgan fingerprint density at radius 3 is 2.36 bits per heavy atom. The molecule has 0 bridgehead atoms. The van der Waals surface area contributed by atoms with Gasteiger partial charge in [-0.25, -0.2) is 26.6 Å². The van der Waals surface area contributed by atoms with Crippen molar-refractivity contribution in [3.63, 3.8) is 0 Å². The number of hydrogen-bond donors (Lipinski definition) is 1. The molecule has 0 spiro atoms. The Labute approximate surface area is 201 Å². The highest BCUT2D eigenvalue weighted by molar-refractivity contribution is 7.89. The molecule has 1 N–H and O–H groups in total. The number of carbonyl (C=O) groups excluding carboxylic acids is 1. The van der Waals surface area contributed by atoms with E-state index in [0.717, 1.165) is 18.4 Å². The number of hydrogen-bond acceptors (Lipinski definition) is 4. The monoisotopic (exact) mass is 529 g/mol. The van der Waals surface area contributed by atoms with E-state index in [4.69, 9.17) is 34.8 Å². The average Bonchev–Trinajstić information content (AvgIpc) is 3.08. The van der Waals surface area contributed by atoms with Gasteiger partial charge in [0.1, 0.15) is 17.3 Å². The van der Waals surface area contributed by atoms with Crippen molar-refractivity contribution >= 4 is 61.6 Å². The Hall–Kier alpha value is -2.72. The molecule has 0 aliphatic carbocycles. The van der Waals surface area contributed by atoms with Crippen LogP contribution in [-0.4, -0.2) is 30.4 Å². The number of nitrogens with zero attached hydrogens (tertiary/aromatic N) is 2. The molecule has 33 heavy (non-hydrogen) atoms. The molecule has 1 heterocycles. The van der Waals surface area contributed by atoms with Crippen LogP contribution in [0.15, 0.2) is 48.5 Å². The fourth-order valence-electron chi connectivity index (χ4n) is 3.23. The number of amides is 1. The molecule has 6 nitrogen and oxygen atoms in total. The summed E-state index contributed by atoms with van der Waals surface area (Å²) in [5, 5.41) is 5.29. The Kier molecular flexibility index (Phi) is 6.09. The van der Waals surface area contributed by atoms with E-state index in [1.54, 1.807) is 22.9 Å². The van der Waals surface area contributed by atoms with Crippen LogP contribution in [0.4, 0.5) is 8.78 Å². The quantitative estimate of drug-likeness (QED) is 0.371. The highest BCUT2D eigenvalue weighted by Gasteiger charge is 2.22. The smallest absolute Gasteiger partial charge is 0.267 e. The summed E-state index contributed by atoms with van der Waals surface area (Å²) in [7, 11) is -3.91. The van der Waals surface area contributed by atoms with Gasteiger partial charge in [0.25, 0.3) is 5.91 Å². The highest BCUT2D eigenvalue weighted by Crippen LogP contribution is 2.35. The van der Waals surface area contributed by atoms with Crippen LogP contribution in [0.2, 0.25) is 15.1 Å². The number of rotatable bonds is 4. The van der Waals surface area contributed by atoms with Crippen molar-refractivity contribution in [3.8, 4) is 16.9 Å².